The molecule has 18 heteroatoms. The van der Waals surface area contributed by atoms with E-state index in [4.69, 9.17) is 4.98 Å². The number of nitrogens with zero attached hydrogens (tertiary/aromatic N) is 9. The first-order valence-corrected chi connectivity index (χ1v) is 26.9. The fourth-order valence-electron chi connectivity index (χ4n) is 13.0. The molecule has 4 aromatic heterocycles. The highest BCUT2D eigenvalue weighted by atomic mass is 19.1. The van der Waals surface area contributed by atoms with Crippen molar-refractivity contribution in [2.24, 2.45) is 13.0 Å². The van der Waals surface area contributed by atoms with E-state index in [1.165, 1.54) is 16.7 Å². The van der Waals surface area contributed by atoms with E-state index < -0.39 is 17.8 Å². The van der Waals surface area contributed by atoms with Crippen molar-refractivity contribution in [2.45, 2.75) is 103 Å². The summed E-state index contributed by atoms with van der Waals surface area (Å²) < 4.78 is 39.1. The van der Waals surface area contributed by atoms with Crippen molar-refractivity contribution >= 4 is 51.0 Å². The van der Waals surface area contributed by atoms with Crippen LogP contribution in [0.15, 0.2) is 70.5 Å². The number of nitrogens with one attached hydrogen (secondary N) is 2. The molecule has 0 bridgehead atoms. The number of imide groups is 1. The van der Waals surface area contributed by atoms with Gasteiger partial charge in [0.05, 0.1) is 16.7 Å². The van der Waals surface area contributed by atoms with Gasteiger partial charge in [-0.1, -0.05) is 6.08 Å². The minimum Gasteiger partial charge on any atom is -0.384 e. The Hall–Kier alpha value is -6.76. The Morgan fingerprint density at radius 2 is 1.68 bits per heavy atom. The van der Waals surface area contributed by atoms with E-state index in [0.29, 0.717) is 72.7 Å². The number of halogens is 2. The van der Waals surface area contributed by atoms with Crippen LogP contribution in [0.1, 0.15) is 115 Å². The van der Waals surface area contributed by atoms with Crippen LogP contribution in [-0.2, 0) is 29.6 Å². The van der Waals surface area contributed by atoms with E-state index in [1.54, 1.807) is 21.4 Å². The van der Waals surface area contributed by atoms with Crippen LogP contribution in [0, 0.1) is 24.5 Å². The molecule has 0 unspecified atom stereocenters. The van der Waals surface area contributed by atoms with E-state index in [2.05, 4.69) is 55.9 Å². The zero-order valence-corrected chi connectivity index (χ0v) is 43.2. The number of rotatable bonds is 11. The van der Waals surface area contributed by atoms with Gasteiger partial charge in [0.2, 0.25) is 11.8 Å². The Bertz CT molecular complexity index is 3450. The zero-order chi connectivity index (χ0) is 52.0. The number of imidazole rings is 1. The van der Waals surface area contributed by atoms with Gasteiger partial charge < -0.3 is 14.8 Å². The summed E-state index contributed by atoms with van der Waals surface area (Å²) in [5.41, 5.74) is 8.25. The summed E-state index contributed by atoms with van der Waals surface area (Å²) in [5, 5.41) is 6.55. The molecule has 0 radical (unpaired) electrons. The van der Waals surface area contributed by atoms with Crippen LogP contribution >= 0.6 is 0 Å². The van der Waals surface area contributed by atoms with Gasteiger partial charge in [0.1, 0.15) is 23.3 Å². The van der Waals surface area contributed by atoms with Crippen molar-refractivity contribution in [2.75, 3.05) is 64.2 Å². The van der Waals surface area contributed by atoms with Crippen LogP contribution in [0.2, 0.25) is 0 Å². The maximum atomic E-state index is 16.2. The molecule has 1 aliphatic carbocycles. The standard InChI is InChI=1S/C57H65F2N11O5/c1-33-25-38(26-44(59)52(33)37-13-20-65(21-14-37)35(3)48-28-42-46(10-17-61-53(42)63(48)4)68-22-15-45-41(56(68)74)9-16-60-45)55(73)66-18-11-36(12-19-66)31-67-24-23-64(30-34(67)2)32-39-27-49-50(29-43(39)58)70(57(75)69(49)40-5-6-40)47-7-8-51(71)62-54(47)72/h10,13,15,17,22,25-29,34-36,40,47,60H,5-9,11-12,14,16,18-21,23-24,30-32H2,1-4H3,(H,62,71,72)/t34-,35-,47+/m0/s1. The Labute approximate surface area is 433 Å². The van der Waals surface area contributed by atoms with Gasteiger partial charge in [-0.05, 0) is 119 Å². The van der Waals surface area contributed by atoms with Crippen molar-refractivity contribution in [1.82, 2.24) is 48.2 Å². The van der Waals surface area contributed by atoms with Crippen LogP contribution in [0.25, 0.3) is 33.3 Å². The van der Waals surface area contributed by atoms with Crippen LogP contribution in [0.5, 0.6) is 0 Å². The molecular formula is C57H65F2N11O5. The Morgan fingerprint density at radius 3 is 2.41 bits per heavy atom. The maximum absolute atomic E-state index is 16.2. The summed E-state index contributed by atoms with van der Waals surface area (Å²) in [5.74, 6) is -1.42. The number of anilines is 1. The van der Waals surface area contributed by atoms with Gasteiger partial charge >= 0.3 is 5.69 Å². The summed E-state index contributed by atoms with van der Waals surface area (Å²) in [6.07, 6.45) is 10.8. The van der Waals surface area contributed by atoms with Gasteiger partial charge in [-0.2, -0.15) is 0 Å². The second-order valence-corrected chi connectivity index (χ2v) is 22.0. The van der Waals surface area contributed by atoms with Crippen molar-refractivity contribution in [3.8, 4) is 5.69 Å². The lowest BCUT2D eigenvalue weighted by atomic mass is 9.92. The molecule has 2 aromatic carbocycles. The maximum Gasteiger partial charge on any atom is 0.330 e. The molecule has 6 aromatic rings. The van der Waals surface area contributed by atoms with Gasteiger partial charge in [-0.25, -0.2) is 18.6 Å². The molecule has 0 spiro atoms. The zero-order valence-electron chi connectivity index (χ0n) is 43.2. The molecule has 2 N–H and O–H groups in total. The third kappa shape index (κ3) is 8.91. The summed E-state index contributed by atoms with van der Waals surface area (Å²) in [4.78, 5) is 79.6. The minimum atomic E-state index is -0.861. The Balaban J connectivity index is 0.647. The first-order chi connectivity index (χ1) is 36.2. The average molecular weight is 1020 g/mol. The fraction of sp³-hybridized carbons (Fsp3) is 0.474. The van der Waals surface area contributed by atoms with E-state index in [0.717, 1.165) is 110 Å². The SMILES string of the molecule is Cc1cc(C(=O)N2CCC(CN3CCN(Cc4cc5c(cc4F)n([C@@H]4CCC(=O)NC4=O)c(=O)n5C4CC4)C[C@@H]3C)CC2)cc(F)c1C1=CCN([C@@H](C)c2cc3c(-n4ccc5c(c4=O)CCN5)ccnc3n2C)CC1. The number of pyridine rings is 2. The van der Waals surface area contributed by atoms with Crippen LogP contribution in [0.3, 0.4) is 0 Å². The van der Waals surface area contributed by atoms with Crippen molar-refractivity contribution in [3.05, 3.63) is 127 Å². The second kappa shape index (κ2) is 19.4. The van der Waals surface area contributed by atoms with Gasteiger partial charge in [0.15, 0.2) is 0 Å². The molecule has 6 aliphatic rings. The number of hydrogen-bond acceptors (Lipinski definition) is 10. The third-order valence-corrected chi connectivity index (χ3v) is 17.3. The van der Waals surface area contributed by atoms with Crippen LogP contribution in [0.4, 0.5) is 14.5 Å². The lowest BCUT2D eigenvalue weighted by Gasteiger charge is -2.42. The number of fused-ring (bicyclic) bond motifs is 3. The highest BCUT2D eigenvalue weighted by molar-refractivity contribution is 6.00. The normalized spacial score (nSPS) is 21.7. The van der Waals surface area contributed by atoms with Gasteiger partial charge in [0.25, 0.3) is 11.5 Å². The van der Waals surface area contributed by atoms with Crippen molar-refractivity contribution in [3.63, 3.8) is 0 Å². The summed E-state index contributed by atoms with van der Waals surface area (Å²) in [6, 6.07) is 11.9. The molecule has 3 atom stereocenters. The average Bonchev–Trinajstić information content (AvgIpc) is 3.91. The monoisotopic (exact) mass is 1020 g/mol. The Morgan fingerprint density at radius 1 is 0.880 bits per heavy atom. The molecule has 12 rings (SSSR count). The molecule has 5 aliphatic heterocycles. The first kappa shape index (κ1) is 49.1. The number of carbonyl (C=O) groups is 3. The number of amides is 3. The summed E-state index contributed by atoms with van der Waals surface area (Å²) in [7, 11) is 2.02. The number of benzene rings is 2. The van der Waals surface area contributed by atoms with Gasteiger partial charge in [-0.15, -0.1) is 0 Å². The number of likely N-dealkylation sites (tertiary alicyclic amines) is 1. The quantitative estimate of drug-likeness (QED) is 0.136. The molecule has 392 valence electrons. The fourth-order valence-corrected chi connectivity index (χ4v) is 13.0. The van der Waals surface area contributed by atoms with Crippen molar-refractivity contribution in [1.29, 1.82) is 0 Å². The van der Waals surface area contributed by atoms with Gasteiger partial charge in [0, 0.05) is 155 Å². The number of piperidine rings is 2. The van der Waals surface area contributed by atoms with E-state index in [1.807, 2.05) is 43.3 Å². The molecule has 1 saturated carbocycles. The van der Waals surface area contributed by atoms with Crippen molar-refractivity contribution < 1.29 is 23.2 Å². The van der Waals surface area contributed by atoms with Gasteiger partial charge in [-0.3, -0.25) is 52.9 Å². The van der Waals surface area contributed by atoms with E-state index in [-0.39, 0.29) is 59.8 Å². The number of aryl methyl sites for hydroxylation is 2. The third-order valence-electron chi connectivity index (χ3n) is 17.3. The first-order valence-electron chi connectivity index (χ1n) is 26.9. The van der Waals surface area contributed by atoms with Crippen LogP contribution < -0.4 is 21.9 Å². The molecule has 4 fully saturated rings. The largest absolute Gasteiger partial charge is 0.384 e. The molecule has 3 saturated heterocycles. The number of aromatic nitrogens is 5. The minimum absolute atomic E-state index is 0.00911. The summed E-state index contributed by atoms with van der Waals surface area (Å²) in [6.45, 7) is 13.2. The number of carbonyl (C=O) groups excluding carboxylic acids is 3. The Kier molecular flexibility index (Phi) is 12.7. The molecule has 16 nitrogen and oxygen atoms in total. The highest BCUT2D eigenvalue weighted by Crippen LogP contribution is 2.39. The molecule has 75 heavy (non-hydrogen) atoms. The van der Waals surface area contributed by atoms with Crippen LogP contribution in [-0.4, -0.2) is 126 Å². The number of piperazine rings is 1. The predicted molar refractivity (Wildman–Crippen MR) is 283 cm³/mol. The smallest absolute Gasteiger partial charge is 0.330 e. The second-order valence-electron chi connectivity index (χ2n) is 22.0. The molecule has 3 amide bonds. The van der Waals surface area contributed by atoms with E-state index >= 15 is 8.78 Å². The highest BCUT2D eigenvalue weighted by Gasteiger charge is 2.37. The van der Waals surface area contributed by atoms with E-state index in [9.17, 15) is 24.0 Å². The topological polar surface area (TPSA) is 155 Å². The molecular weight excluding hydrogens is 957 g/mol. The number of hydrogen-bond donors (Lipinski definition) is 2. The lowest BCUT2D eigenvalue weighted by molar-refractivity contribution is -0.135. The predicted octanol–water partition coefficient (Wildman–Crippen LogP) is 6.62. The summed E-state index contributed by atoms with van der Waals surface area (Å²) >= 11 is 0. The lowest BCUT2D eigenvalue weighted by Crippen LogP contribution is -2.53. The molecule has 9 heterocycles.